The van der Waals surface area contributed by atoms with Crippen LogP contribution in [-0.4, -0.2) is 24.2 Å². The van der Waals surface area contributed by atoms with Gasteiger partial charge in [0.15, 0.2) is 17.3 Å². The number of Topliss-reactive ketones (excluding diaryl/α,β-unsaturated/α-hetero) is 1. The van der Waals surface area contributed by atoms with Crippen molar-refractivity contribution in [2.45, 2.75) is 26.4 Å². The van der Waals surface area contributed by atoms with Gasteiger partial charge in [-0.3, -0.25) is 9.69 Å². The normalized spacial score (nSPS) is 18.5. The lowest BCUT2D eigenvalue weighted by Gasteiger charge is -2.34. The third-order valence-electron chi connectivity index (χ3n) is 6.47. The van der Waals surface area contributed by atoms with Gasteiger partial charge in [0.1, 0.15) is 18.2 Å². The Bertz CT molecular complexity index is 1300. The molecule has 1 atom stereocenters. The average Bonchev–Trinajstić information content (AvgIpc) is 3.44. The minimum atomic E-state index is -0.115. The predicted octanol–water partition coefficient (Wildman–Crippen LogP) is 5.25. The fraction of sp³-hybridized carbons (Fsp3) is 0.222. The number of hydrogen-bond acceptors (Lipinski definition) is 6. The van der Waals surface area contributed by atoms with E-state index in [-0.39, 0.29) is 18.6 Å². The van der Waals surface area contributed by atoms with Crippen LogP contribution < -0.4 is 18.9 Å². The summed E-state index contributed by atoms with van der Waals surface area (Å²) in [7, 11) is 0. The lowest BCUT2D eigenvalue weighted by Crippen LogP contribution is -2.34. The molecule has 0 aliphatic carbocycles. The van der Waals surface area contributed by atoms with Gasteiger partial charge in [0.05, 0.1) is 11.1 Å². The van der Waals surface area contributed by atoms with Crippen molar-refractivity contribution >= 4 is 11.9 Å². The minimum Gasteiger partial charge on any atom is -0.478 e. The molecule has 0 spiro atoms. The number of allylic oxidation sites excluding steroid dienone is 1. The van der Waals surface area contributed by atoms with Crippen molar-refractivity contribution in [3.8, 4) is 23.0 Å². The highest BCUT2D eigenvalue weighted by atomic mass is 16.7. The zero-order chi connectivity index (χ0) is 22.5. The van der Waals surface area contributed by atoms with Crippen LogP contribution in [0.2, 0.25) is 0 Å². The van der Waals surface area contributed by atoms with E-state index in [0.29, 0.717) is 41.8 Å². The Morgan fingerprint density at radius 3 is 2.64 bits per heavy atom. The van der Waals surface area contributed by atoms with Crippen LogP contribution in [0.1, 0.15) is 45.6 Å². The zero-order valence-corrected chi connectivity index (χ0v) is 18.5. The Balaban J connectivity index is 1.33. The maximum Gasteiger partial charge on any atom is 0.232 e. The summed E-state index contributed by atoms with van der Waals surface area (Å²) in [5, 5.41) is 0. The van der Waals surface area contributed by atoms with E-state index >= 15 is 0 Å². The molecule has 0 bridgehead atoms. The molecule has 3 aliphatic heterocycles. The van der Waals surface area contributed by atoms with Crippen molar-refractivity contribution in [1.29, 1.82) is 0 Å². The highest BCUT2D eigenvalue weighted by Gasteiger charge is 2.36. The van der Waals surface area contributed by atoms with E-state index in [1.807, 2.05) is 49.4 Å². The summed E-state index contributed by atoms with van der Waals surface area (Å²) in [4.78, 5) is 15.5. The minimum absolute atomic E-state index is 0.115. The van der Waals surface area contributed by atoms with E-state index in [1.54, 1.807) is 6.08 Å². The van der Waals surface area contributed by atoms with E-state index in [9.17, 15) is 4.79 Å². The Labute approximate surface area is 191 Å². The summed E-state index contributed by atoms with van der Waals surface area (Å²) in [5.41, 5.74) is 4.41. The molecule has 0 amide bonds. The third-order valence-corrected chi connectivity index (χ3v) is 6.47. The van der Waals surface area contributed by atoms with Gasteiger partial charge < -0.3 is 18.9 Å². The summed E-state index contributed by atoms with van der Waals surface area (Å²) in [5.74, 6) is 2.94. The molecule has 0 radical (unpaired) electrons. The maximum atomic E-state index is 13.3. The molecule has 6 heteroatoms. The predicted molar refractivity (Wildman–Crippen MR) is 123 cm³/mol. The van der Waals surface area contributed by atoms with Crippen LogP contribution in [0.15, 0.2) is 60.4 Å². The van der Waals surface area contributed by atoms with Gasteiger partial charge >= 0.3 is 0 Å². The van der Waals surface area contributed by atoms with Gasteiger partial charge in [-0.05, 0) is 54.8 Å². The maximum absolute atomic E-state index is 13.3. The number of aryl methyl sites for hydroxylation is 1. The number of carbonyl (C=O) groups is 1. The van der Waals surface area contributed by atoms with Crippen molar-refractivity contribution in [3.05, 3.63) is 88.2 Å². The van der Waals surface area contributed by atoms with Gasteiger partial charge in [-0.1, -0.05) is 36.4 Å². The smallest absolute Gasteiger partial charge is 0.232 e. The molecule has 3 aliphatic rings. The summed E-state index contributed by atoms with van der Waals surface area (Å²) in [6.45, 7) is 5.41. The van der Waals surface area contributed by atoms with Crippen LogP contribution in [0.5, 0.6) is 23.0 Å². The van der Waals surface area contributed by atoms with Crippen LogP contribution in [0, 0.1) is 6.92 Å². The van der Waals surface area contributed by atoms with Crippen molar-refractivity contribution in [2.75, 3.05) is 13.5 Å². The first-order valence-electron chi connectivity index (χ1n) is 11.0. The summed E-state index contributed by atoms with van der Waals surface area (Å²) in [6.07, 6.45) is 1.75. The van der Waals surface area contributed by atoms with Crippen molar-refractivity contribution < 1.29 is 23.7 Å². The molecule has 33 heavy (non-hydrogen) atoms. The number of ketones is 1. The van der Waals surface area contributed by atoms with Crippen LogP contribution >= 0.6 is 0 Å². The largest absolute Gasteiger partial charge is 0.478 e. The highest BCUT2D eigenvalue weighted by molar-refractivity contribution is 6.16. The van der Waals surface area contributed by atoms with Crippen LogP contribution in [0.4, 0.5) is 0 Å². The van der Waals surface area contributed by atoms with Gasteiger partial charge in [-0.2, -0.15) is 0 Å². The summed E-state index contributed by atoms with van der Waals surface area (Å²) < 4.78 is 23.1. The number of fused-ring (bicyclic) bond motifs is 4. The SMILES string of the molecule is Cc1cc2c(c3c1C(=O)/C(=C/c1ccc4c(c1)OCO4)O3)CN(C(C)c1ccccc1)CO2. The summed E-state index contributed by atoms with van der Waals surface area (Å²) >= 11 is 0. The second kappa shape index (κ2) is 7.67. The first-order valence-corrected chi connectivity index (χ1v) is 11.0. The van der Waals surface area contributed by atoms with Crippen molar-refractivity contribution in [3.63, 3.8) is 0 Å². The molecular formula is C27H23NO5. The molecule has 1 unspecified atom stereocenters. The number of ether oxygens (including phenoxy) is 4. The number of nitrogens with zero attached hydrogens (tertiary/aromatic N) is 1. The number of hydrogen-bond donors (Lipinski definition) is 0. The van der Waals surface area contributed by atoms with Crippen LogP contribution in [-0.2, 0) is 6.54 Å². The quantitative estimate of drug-likeness (QED) is 0.517. The van der Waals surface area contributed by atoms with Gasteiger partial charge in [-0.25, -0.2) is 0 Å². The lowest BCUT2D eigenvalue weighted by molar-refractivity contribution is 0.0605. The molecule has 6 rings (SSSR count). The first-order chi connectivity index (χ1) is 16.1. The van der Waals surface area contributed by atoms with Gasteiger partial charge in [-0.15, -0.1) is 0 Å². The molecule has 0 saturated carbocycles. The fourth-order valence-corrected chi connectivity index (χ4v) is 4.59. The fourth-order valence-electron chi connectivity index (χ4n) is 4.59. The molecule has 0 aromatic heterocycles. The van der Waals surface area contributed by atoms with Crippen LogP contribution in [0.3, 0.4) is 0 Å². The third kappa shape index (κ3) is 3.34. The molecule has 3 aromatic rings. The molecule has 166 valence electrons. The molecule has 0 N–H and O–H groups in total. The van der Waals surface area contributed by atoms with E-state index in [1.165, 1.54) is 5.56 Å². The first kappa shape index (κ1) is 19.9. The van der Waals surface area contributed by atoms with Crippen LogP contribution in [0.25, 0.3) is 6.08 Å². The molecular weight excluding hydrogens is 418 g/mol. The van der Waals surface area contributed by atoms with E-state index < -0.39 is 0 Å². The van der Waals surface area contributed by atoms with E-state index in [4.69, 9.17) is 18.9 Å². The molecule has 3 heterocycles. The highest BCUT2D eigenvalue weighted by Crippen LogP contribution is 2.45. The topological polar surface area (TPSA) is 57.2 Å². The van der Waals surface area contributed by atoms with Gasteiger partial charge in [0, 0.05) is 12.6 Å². The second-order valence-electron chi connectivity index (χ2n) is 8.53. The Morgan fingerprint density at radius 2 is 1.79 bits per heavy atom. The molecule has 3 aromatic carbocycles. The zero-order valence-electron chi connectivity index (χ0n) is 18.5. The Kier molecular flexibility index (Phi) is 4.62. The Morgan fingerprint density at radius 1 is 0.970 bits per heavy atom. The number of benzene rings is 3. The van der Waals surface area contributed by atoms with E-state index in [0.717, 1.165) is 22.4 Å². The van der Waals surface area contributed by atoms with Crippen molar-refractivity contribution in [2.24, 2.45) is 0 Å². The standard InChI is InChI=1S/C27H23NO5/c1-16-10-22-20(13-28(14-30-22)17(2)19-6-4-3-5-7-19)27-25(16)26(29)24(33-27)12-18-8-9-21-23(11-18)32-15-31-21/h3-12,17H,13-15H2,1-2H3/b24-12-. The number of rotatable bonds is 3. The molecule has 0 fully saturated rings. The van der Waals surface area contributed by atoms with Gasteiger partial charge in [0.25, 0.3) is 0 Å². The van der Waals surface area contributed by atoms with Crippen molar-refractivity contribution in [1.82, 2.24) is 4.90 Å². The molecule has 0 saturated heterocycles. The molecule has 6 nitrogen and oxygen atoms in total. The second-order valence-corrected chi connectivity index (χ2v) is 8.53. The van der Waals surface area contributed by atoms with Gasteiger partial charge in [0.2, 0.25) is 12.6 Å². The Hall–Kier alpha value is -3.77. The lowest BCUT2D eigenvalue weighted by atomic mass is 9.98. The van der Waals surface area contributed by atoms with E-state index in [2.05, 4.69) is 24.0 Å². The summed E-state index contributed by atoms with van der Waals surface area (Å²) in [6, 6.07) is 18.0. The monoisotopic (exact) mass is 441 g/mol. The average molecular weight is 441 g/mol. The number of carbonyl (C=O) groups excluding carboxylic acids is 1.